The molecule has 1 aliphatic heterocycles. The van der Waals surface area contributed by atoms with Gasteiger partial charge in [-0.2, -0.15) is 0 Å². The van der Waals surface area contributed by atoms with E-state index in [1.165, 1.54) is 13.8 Å². The lowest BCUT2D eigenvalue weighted by atomic mass is 9.39. The molecule has 0 spiro atoms. The van der Waals surface area contributed by atoms with Crippen LogP contribution in [0, 0.1) is 63.6 Å². The van der Waals surface area contributed by atoms with Gasteiger partial charge in [-0.1, -0.05) is 27.7 Å². The van der Waals surface area contributed by atoms with Crippen LogP contribution in [0.15, 0.2) is 0 Å². The quantitative estimate of drug-likeness (QED) is 0.198. The molecular weight excluding hydrogens is 616 g/mol. The second-order valence-electron chi connectivity index (χ2n) is 16.1. The highest BCUT2D eigenvalue weighted by Gasteiger charge is 2.85. The Balaban J connectivity index is 1.69. The van der Waals surface area contributed by atoms with Crippen molar-refractivity contribution >= 4 is 29.5 Å². The molecule has 5 saturated carbocycles. The number of aliphatic hydroxyl groups is 5. The first-order valence-corrected chi connectivity index (χ1v) is 16.7. The molecule has 1 saturated heterocycles. The van der Waals surface area contributed by atoms with Crippen molar-refractivity contribution in [1.82, 2.24) is 0 Å². The summed E-state index contributed by atoms with van der Waals surface area (Å²) in [7, 11) is 0. The molecule has 6 rings (SSSR count). The van der Waals surface area contributed by atoms with Gasteiger partial charge in [0, 0.05) is 54.8 Å². The number of carbonyl (C=O) groups excluding carboxylic acids is 5. The smallest absolute Gasteiger partial charge is 0.338 e. The molecule has 0 radical (unpaired) electrons. The highest BCUT2D eigenvalue weighted by molar-refractivity contribution is 5.90. The van der Waals surface area contributed by atoms with Crippen LogP contribution in [0.2, 0.25) is 0 Å². The van der Waals surface area contributed by atoms with Crippen LogP contribution >= 0.6 is 0 Å². The van der Waals surface area contributed by atoms with Gasteiger partial charge in [0.2, 0.25) is 0 Å². The molecular formula is C34H48O13. The molecule has 5 aliphatic carbocycles. The zero-order valence-electron chi connectivity index (χ0n) is 28.1. The van der Waals surface area contributed by atoms with Gasteiger partial charge in [0.1, 0.15) is 36.3 Å². The lowest BCUT2D eigenvalue weighted by Gasteiger charge is -2.66. The van der Waals surface area contributed by atoms with Crippen molar-refractivity contribution in [2.45, 2.75) is 117 Å². The van der Waals surface area contributed by atoms with Crippen LogP contribution in [0.3, 0.4) is 0 Å². The van der Waals surface area contributed by atoms with Crippen LogP contribution < -0.4 is 0 Å². The van der Waals surface area contributed by atoms with E-state index in [-0.39, 0.29) is 12.8 Å². The minimum atomic E-state index is -2.12. The maximum Gasteiger partial charge on any atom is 0.338 e. The third kappa shape index (κ3) is 3.92. The van der Waals surface area contributed by atoms with Crippen LogP contribution in [0.4, 0.5) is 0 Å². The number of rotatable bonds is 3. The van der Waals surface area contributed by atoms with Crippen molar-refractivity contribution in [2.24, 2.45) is 63.6 Å². The fourth-order valence-corrected chi connectivity index (χ4v) is 12.3. The minimum absolute atomic E-state index is 0.100. The predicted molar refractivity (Wildman–Crippen MR) is 158 cm³/mol. The molecule has 5 N–H and O–H groups in total. The van der Waals surface area contributed by atoms with Gasteiger partial charge in [-0.3, -0.25) is 19.2 Å². The number of esters is 3. The van der Waals surface area contributed by atoms with Crippen LogP contribution in [0.5, 0.6) is 0 Å². The van der Waals surface area contributed by atoms with Crippen molar-refractivity contribution < 1.29 is 63.7 Å². The van der Waals surface area contributed by atoms with Gasteiger partial charge in [0.05, 0.1) is 23.0 Å². The maximum atomic E-state index is 14.4. The monoisotopic (exact) mass is 664 g/mol. The molecule has 0 amide bonds. The van der Waals surface area contributed by atoms with Gasteiger partial charge in [0.25, 0.3) is 0 Å². The Hall–Kier alpha value is -2.45. The van der Waals surface area contributed by atoms with Gasteiger partial charge >= 0.3 is 17.9 Å². The average molecular weight is 665 g/mol. The number of aliphatic hydroxyl groups excluding tert-OH is 4. The lowest BCUT2D eigenvalue weighted by Crippen LogP contribution is -2.76. The molecule has 0 aromatic heterocycles. The summed E-state index contributed by atoms with van der Waals surface area (Å²) in [5, 5.41) is 59.3. The van der Waals surface area contributed by atoms with Crippen molar-refractivity contribution in [1.29, 1.82) is 0 Å². The number of fused-ring (bicyclic) bond motifs is 9. The number of Topliss-reactive ketones (excluding diaryl/α,β-unsaturated/α-hetero) is 2. The average Bonchev–Trinajstić information content (AvgIpc) is 3.36. The van der Waals surface area contributed by atoms with E-state index in [2.05, 4.69) is 0 Å². The van der Waals surface area contributed by atoms with Gasteiger partial charge in [-0.05, 0) is 38.5 Å². The Morgan fingerprint density at radius 3 is 1.94 bits per heavy atom. The first-order valence-electron chi connectivity index (χ1n) is 16.7. The highest BCUT2D eigenvalue weighted by Crippen LogP contribution is 2.75. The number of hydrogen-bond donors (Lipinski definition) is 5. The molecule has 19 atom stereocenters. The third-order valence-electron chi connectivity index (χ3n) is 14.3. The summed E-state index contributed by atoms with van der Waals surface area (Å²) in [6, 6.07) is 0. The van der Waals surface area contributed by atoms with Crippen molar-refractivity contribution in [3.63, 3.8) is 0 Å². The van der Waals surface area contributed by atoms with E-state index in [0.717, 1.165) is 13.8 Å². The van der Waals surface area contributed by atoms with Gasteiger partial charge in [-0.15, -0.1) is 0 Å². The van der Waals surface area contributed by atoms with Crippen molar-refractivity contribution in [3.8, 4) is 0 Å². The molecule has 262 valence electrons. The van der Waals surface area contributed by atoms with E-state index in [1.54, 1.807) is 20.8 Å². The van der Waals surface area contributed by atoms with Crippen LogP contribution in [-0.2, 0) is 38.2 Å². The molecule has 0 aromatic rings. The number of ketones is 2. The first-order chi connectivity index (χ1) is 21.6. The standard InChI is InChI=1S/C34H48O13/c1-11-9-18-32(7,33(8,44)30(43)47-18)23-20(11)34(13(3)35)22(26(23)45-14(4)36)19-21(27(29(34)42)46-15(5)37)31(6)16(24(39)25(19)40)10-17(38)12(2)28(31)41/h11-12,16-23,25-29,38,40-42,44H,9-10H2,1-8H3/t11-,12+,16-,17-,18?,19-,20+,21-,22-,23+,25-,26-,27+,28+,29+,31+,32+,33-,34-/m1/s1. The Bertz CT molecular complexity index is 1410. The lowest BCUT2D eigenvalue weighted by molar-refractivity contribution is -0.276. The van der Waals surface area contributed by atoms with E-state index in [0.29, 0.717) is 0 Å². The Kier molecular flexibility index (Phi) is 7.71. The van der Waals surface area contributed by atoms with E-state index >= 15 is 0 Å². The molecule has 13 heteroatoms. The summed E-state index contributed by atoms with van der Waals surface area (Å²) < 4.78 is 17.7. The summed E-state index contributed by atoms with van der Waals surface area (Å²) in [6.07, 6.45) is -9.68. The maximum absolute atomic E-state index is 14.4. The summed E-state index contributed by atoms with van der Waals surface area (Å²) in [5.41, 5.74) is -6.97. The van der Waals surface area contributed by atoms with Crippen LogP contribution in [0.25, 0.3) is 0 Å². The Morgan fingerprint density at radius 2 is 1.38 bits per heavy atom. The predicted octanol–water partition coefficient (Wildman–Crippen LogP) is -0.0555. The summed E-state index contributed by atoms with van der Waals surface area (Å²) >= 11 is 0. The summed E-state index contributed by atoms with van der Waals surface area (Å²) in [6.45, 7) is 11.6. The molecule has 1 unspecified atom stereocenters. The Morgan fingerprint density at radius 1 is 0.809 bits per heavy atom. The van der Waals surface area contributed by atoms with Gasteiger partial charge < -0.3 is 39.7 Å². The van der Waals surface area contributed by atoms with Gasteiger partial charge in [-0.25, -0.2) is 4.79 Å². The normalized spacial score (nSPS) is 56.2. The highest BCUT2D eigenvalue weighted by atomic mass is 16.6. The fraction of sp³-hybridized carbons (Fsp3) is 0.853. The molecule has 6 fully saturated rings. The van der Waals surface area contributed by atoms with E-state index in [1.807, 2.05) is 6.92 Å². The zero-order chi connectivity index (χ0) is 35.1. The number of ether oxygens (including phenoxy) is 3. The molecule has 1 heterocycles. The number of hydrogen-bond acceptors (Lipinski definition) is 13. The largest absolute Gasteiger partial charge is 0.462 e. The van der Waals surface area contributed by atoms with Crippen molar-refractivity contribution in [3.05, 3.63) is 0 Å². The summed E-state index contributed by atoms with van der Waals surface area (Å²) in [5.74, 6) is -11.7. The molecule has 13 nitrogen and oxygen atoms in total. The Labute approximate surface area is 273 Å². The topological polar surface area (TPSA) is 214 Å². The third-order valence-corrected chi connectivity index (χ3v) is 14.3. The molecule has 0 bridgehead atoms. The molecule has 6 aliphatic rings. The van der Waals surface area contributed by atoms with Crippen LogP contribution in [0.1, 0.15) is 68.2 Å². The van der Waals surface area contributed by atoms with E-state index in [9.17, 15) is 49.5 Å². The van der Waals surface area contributed by atoms with E-state index in [4.69, 9.17) is 14.2 Å². The fourth-order valence-electron chi connectivity index (χ4n) is 12.3. The molecule has 0 aromatic carbocycles. The first kappa shape index (κ1) is 34.4. The zero-order valence-corrected chi connectivity index (χ0v) is 28.1. The van der Waals surface area contributed by atoms with E-state index < -0.39 is 141 Å². The second-order valence-corrected chi connectivity index (χ2v) is 16.1. The van der Waals surface area contributed by atoms with Crippen molar-refractivity contribution in [2.75, 3.05) is 0 Å². The van der Waals surface area contributed by atoms with Gasteiger partial charge in [0.15, 0.2) is 11.4 Å². The van der Waals surface area contributed by atoms with Crippen LogP contribution in [-0.4, -0.2) is 103 Å². The second kappa shape index (κ2) is 10.5. The summed E-state index contributed by atoms with van der Waals surface area (Å²) in [4.78, 5) is 67.6. The SMILES string of the molecule is CC(=O)O[C@@H]1[C@H]2[C@H]3[C@H]([C@H](OC(C)=O)[C@H](O)[C@]2(C(C)=O)[C@@H]2[C@@H]1[C@]1(C)C(C[C@H]2C)OC(=O)[C@@]1(C)O)[C@]1(C)[C@H](C[C@@H](O)[C@H](C)[C@@H]1O)C(=O)[C@@H]3O. The number of carbonyl (C=O) groups is 5. The minimum Gasteiger partial charge on any atom is -0.462 e. The molecule has 47 heavy (non-hydrogen) atoms.